The number of hydrogen-bond donors (Lipinski definition) is 1. The summed E-state index contributed by atoms with van der Waals surface area (Å²) >= 11 is 0. The Morgan fingerprint density at radius 1 is 1.29 bits per heavy atom. The average Bonchev–Trinajstić information content (AvgIpc) is 2.71. The van der Waals surface area contributed by atoms with Crippen molar-refractivity contribution < 1.29 is 10.1 Å². The zero-order chi connectivity index (χ0) is 9.80. The minimum atomic E-state index is 0.542. The van der Waals surface area contributed by atoms with E-state index in [-0.39, 0.29) is 0 Å². The maximum atomic E-state index is 8.52. The Balaban J connectivity index is 2.00. The van der Waals surface area contributed by atoms with Crippen LogP contribution in [0.3, 0.4) is 0 Å². The summed E-state index contributed by atoms with van der Waals surface area (Å²) in [6, 6.07) is 7.70. The van der Waals surface area contributed by atoms with Crippen molar-refractivity contribution in [1.29, 1.82) is 0 Å². The van der Waals surface area contributed by atoms with E-state index in [1.807, 2.05) is 12.1 Å². The van der Waals surface area contributed by atoms with E-state index < -0.39 is 0 Å². The van der Waals surface area contributed by atoms with Crippen LogP contribution in [-0.4, -0.2) is 5.26 Å². The third-order valence-corrected chi connectivity index (χ3v) is 3.00. The lowest BCUT2D eigenvalue weighted by Gasteiger charge is -2.08. The van der Waals surface area contributed by atoms with Gasteiger partial charge in [-0.15, -0.1) is 0 Å². The monoisotopic (exact) mass is 192 g/mol. The first kappa shape index (κ1) is 9.53. The van der Waals surface area contributed by atoms with Gasteiger partial charge in [-0.05, 0) is 30.0 Å². The second kappa shape index (κ2) is 4.47. The number of benzene rings is 1. The number of rotatable bonds is 3. The molecular weight excluding hydrogens is 176 g/mol. The smallest absolute Gasteiger partial charge is 0.165 e. The molecule has 0 atom stereocenters. The molecule has 2 rings (SSSR count). The van der Waals surface area contributed by atoms with Crippen LogP contribution < -0.4 is 4.89 Å². The molecule has 0 saturated heterocycles. The lowest BCUT2D eigenvalue weighted by molar-refractivity contribution is -0.137. The lowest BCUT2D eigenvalue weighted by atomic mass is 9.98. The van der Waals surface area contributed by atoms with Crippen molar-refractivity contribution in [2.24, 2.45) is 5.92 Å². The molecule has 1 fully saturated rings. The first-order valence-corrected chi connectivity index (χ1v) is 5.29. The summed E-state index contributed by atoms with van der Waals surface area (Å²) in [7, 11) is 0. The van der Waals surface area contributed by atoms with Gasteiger partial charge < -0.3 is 4.89 Å². The highest BCUT2D eigenvalue weighted by molar-refractivity contribution is 5.28. The molecule has 0 aromatic heterocycles. The molecule has 1 aromatic rings. The summed E-state index contributed by atoms with van der Waals surface area (Å²) in [5.74, 6) is 1.38. The Morgan fingerprint density at radius 2 is 2.07 bits per heavy atom. The van der Waals surface area contributed by atoms with Crippen molar-refractivity contribution in [3.8, 4) is 5.75 Å². The fourth-order valence-electron chi connectivity index (χ4n) is 2.28. The van der Waals surface area contributed by atoms with Gasteiger partial charge in [0.25, 0.3) is 0 Å². The van der Waals surface area contributed by atoms with E-state index in [0.29, 0.717) is 5.75 Å². The summed E-state index contributed by atoms with van der Waals surface area (Å²) < 4.78 is 0. The predicted molar refractivity (Wildman–Crippen MR) is 55.4 cm³/mol. The largest absolute Gasteiger partial charge is 0.340 e. The van der Waals surface area contributed by atoms with E-state index >= 15 is 0 Å². The van der Waals surface area contributed by atoms with Gasteiger partial charge in [0, 0.05) is 0 Å². The van der Waals surface area contributed by atoms with Crippen LogP contribution in [-0.2, 0) is 6.42 Å². The molecule has 1 aliphatic carbocycles. The standard InChI is InChI=1S/C12H16O2/c13-14-12-7-3-6-11(9-12)8-10-4-1-2-5-10/h3,6-7,9-10,13H,1-2,4-5,8H2. The molecule has 0 bridgehead atoms. The Labute approximate surface area is 84.5 Å². The Hall–Kier alpha value is -1.02. The maximum Gasteiger partial charge on any atom is 0.165 e. The molecule has 1 N–H and O–H groups in total. The van der Waals surface area contributed by atoms with Crippen molar-refractivity contribution in [3.05, 3.63) is 29.8 Å². The van der Waals surface area contributed by atoms with Crippen LogP contribution in [0.2, 0.25) is 0 Å². The van der Waals surface area contributed by atoms with E-state index in [1.54, 1.807) is 6.07 Å². The van der Waals surface area contributed by atoms with Crippen molar-refractivity contribution in [2.75, 3.05) is 0 Å². The molecule has 76 valence electrons. The molecule has 0 radical (unpaired) electrons. The van der Waals surface area contributed by atoms with Gasteiger partial charge in [-0.3, -0.25) is 0 Å². The van der Waals surface area contributed by atoms with Crippen LogP contribution in [0.25, 0.3) is 0 Å². The van der Waals surface area contributed by atoms with E-state index in [9.17, 15) is 0 Å². The first-order valence-electron chi connectivity index (χ1n) is 5.29. The van der Waals surface area contributed by atoms with Gasteiger partial charge >= 0.3 is 0 Å². The fourth-order valence-corrected chi connectivity index (χ4v) is 2.28. The van der Waals surface area contributed by atoms with Crippen molar-refractivity contribution in [2.45, 2.75) is 32.1 Å². The molecule has 0 heterocycles. The Bertz CT molecular complexity index is 290. The first-order chi connectivity index (χ1) is 6.88. The van der Waals surface area contributed by atoms with Gasteiger partial charge in [0.05, 0.1) is 0 Å². The van der Waals surface area contributed by atoms with E-state index in [1.165, 1.54) is 31.2 Å². The normalized spacial score (nSPS) is 17.2. The predicted octanol–water partition coefficient (Wildman–Crippen LogP) is 3.27. The van der Waals surface area contributed by atoms with Crippen molar-refractivity contribution in [1.82, 2.24) is 0 Å². The zero-order valence-electron chi connectivity index (χ0n) is 8.28. The molecule has 0 spiro atoms. The quantitative estimate of drug-likeness (QED) is 0.588. The Morgan fingerprint density at radius 3 is 2.79 bits per heavy atom. The average molecular weight is 192 g/mol. The molecule has 14 heavy (non-hydrogen) atoms. The second-order valence-corrected chi connectivity index (χ2v) is 4.09. The molecular formula is C12H16O2. The van der Waals surface area contributed by atoms with Crippen LogP contribution in [0.1, 0.15) is 31.2 Å². The minimum absolute atomic E-state index is 0.542. The van der Waals surface area contributed by atoms with Gasteiger partial charge in [-0.2, -0.15) is 0 Å². The maximum absolute atomic E-state index is 8.52. The molecule has 0 unspecified atom stereocenters. The third-order valence-electron chi connectivity index (χ3n) is 3.00. The van der Waals surface area contributed by atoms with E-state index in [2.05, 4.69) is 11.0 Å². The molecule has 1 aliphatic rings. The highest BCUT2D eigenvalue weighted by Crippen LogP contribution is 2.28. The van der Waals surface area contributed by atoms with E-state index in [4.69, 9.17) is 5.26 Å². The third kappa shape index (κ3) is 2.26. The van der Waals surface area contributed by atoms with Crippen LogP contribution >= 0.6 is 0 Å². The van der Waals surface area contributed by atoms with Crippen molar-refractivity contribution in [3.63, 3.8) is 0 Å². The summed E-state index contributed by atoms with van der Waals surface area (Å²) in [5, 5.41) is 8.52. The van der Waals surface area contributed by atoms with Gasteiger partial charge in [-0.25, -0.2) is 5.26 Å². The van der Waals surface area contributed by atoms with Gasteiger partial charge in [-0.1, -0.05) is 37.8 Å². The Kier molecular flexibility index (Phi) is 3.04. The van der Waals surface area contributed by atoms with Crippen LogP contribution in [0.15, 0.2) is 24.3 Å². The lowest BCUT2D eigenvalue weighted by Crippen LogP contribution is -1.98. The zero-order valence-corrected chi connectivity index (χ0v) is 8.28. The summed E-state index contributed by atoms with van der Waals surface area (Å²) in [5.41, 5.74) is 1.27. The van der Waals surface area contributed by atoms with Gasteiger partial charge in [0.2, 0.25) is 0 Å². The topological polar surface area (TPSA) is 29.5 Å². The minimum Gasteiger partial charge on any atom is -0.340 e. The van der Waals surface area contributed by atoms with Gasteiger partial charge in [0.1, 0.15) is 0 Å². The SMILES string of the molecule is OOc1cccc(CC2CCCC2)c1. The van der Waals surface area contributed by atoms with Crippen LogP contribution in [0.4, 0.5) is 0 Å². The second-order valence-electron chi connectivity index (χ2n) is 4.09. The van der Waals surface area contributed by atoms with Gasteiger partial charge in [0.15, 0.2) is 5.75 Å². The number of hydrogen-bond acceptors (Lipinski definition) is 2. The van der Waals surface area contributed by atoms with Crippen LogP contribution in [0.5, 0.6) is 5.75 Å². The summed E-state index contributed by atoms with van der Waals surface area (Å²) in [4.78, 5) is 4.22. The molecule has 1 aromatic carbocycles. The molecule has 0 amide bonds. The van der Waals surface area contributed by atoms with E-state index in [0.717, 1.165) is 12.3 Å². The highest BCUT2D eigenvalue weighted by Gasteiger charge is 2.15. The molecule has 2 nitrogen and oxygen atoms in total. The van der Waals surface area contributed by atoms with Crippen LogP contribution in [0, 0.1) is 5.92 Å². The molecule has 0 aliphatic heterocycles. The molecule has 1 saturated carbocycles. The molecule has 2 heteroatoms. The summed E-state index contributed by atoms with van der Waals surface area (Å²) in [6.45, 7) is 0. The van der Waals surface area contributed by atoms with Crippen molar-refractivity contribution >= 4 is 0 Å². The fraction of sp³-hybridized carbons (Fsp3) is 0.500. The summed E-state index contributed by atoms with van der Waals surface area (Å²) in [6.07, 6.45) is 6.58. The highest BCUT2D eigenvalue weighted by atomic mass is 17.1.